The first-order valence-corrected chi connectivity index (χ1v) is 7.98. The molecule has 4 nitrogen and oxygen atoms in total. The molecule has 5 heteroatoms. The Balaban J connectivity index is 2.39. The van der Waals surface area contributed by atoms with E-state index >= 15 is 0 Å². The molecule has 0 saturated carbocycles. The Labute approximate surface area is 119 Å². The van der Waals surface area contributed by atoms with Gasteiger partial charge in [0.15, 0.2) is 0 Å². The predicted molar refractivity (Wildman–Crippen MR) is 79.0 cm³/mol. The zero-order chi connectivity index (χ0) is 15.0. The van der Waals surface area contributed by atoms with Crippen LogP contribution in [0, 0.1) is 12.8 Å². The molecule has 0 fully saturated rings. The van der Waals surface area contributed by atoms with Gasteiger partial charge in [0.1, 0.15) is 5.60 Å². The highest BCUT2D eigenvalue weighted by Gasteiger charge is 2.39. The van der Waals surface area contributed by atoms with Gasteiger partial charge in [-0.05, 0) is 30.5 Å². The highest BCUT2D eigenvalue weighted by Crippen LogP contribution is 2.48. The van der Waals surface area contributed by atoms with E-state index in [0.29, 0.717) is 0 Å². The molecule has 20 heavy (non-hydrogen) atoms. The third-order valence-electron chi connectivity index (χ3n) is 3.80. The fourth-order valence-corrected chi connectivity index (χ4v) is 3.26. The average Bonchev–Trinajstić information content (AvgIpc) is 2.32. The molecule has 0 heterocycles. The standard InChI is InChI=1S/C15H19O4P/c1-11-7-4-5-8-13(11)14-9-6-10-15(3,12(14)2)19-20(16,17)18/h4-10,12H,1-3H3,(H2,16,17,18). The first-order valence-electron chi connectivity index (χ1n) is 6.45. The summed E-state index contributed by atoms with van der Waals surface area (Å²) in [6.45, 7) is 5.62. The lowest BCUT2D eigenvalue weighted by Gasteiger charge is -2.36. The largest absolute Gasteiger partial charge is 0.470 e. The summed E-state index contributed by atoms with van der Waals surface area (Å²) in [6, 6.07) is 7.95. The van der Waals surface area contributed by atoms with E-state index in [4.69, 9.17) is 14.3 Å². The van der Waals surface area contributed by atoms with Gasteiger partial charge in [-0.2, -0.15) is 0 Å². The van der Waals surface area contributed by atoms with Crippen molar-refractivity contribution in [3.8, 4) is 0 Å². The molecule has 1 aliphatic rings. The first kappa shape index (κ1) is 15.2. The number of hydrogen-bond acceptors (Lipinski definition) is 2. The van der Waals surface area contributed by atoms with Crippen molar-refractivity contribution in [1.82, 2.24) is 0 Å². The maximum Gasteiger partial charge on any atom is 0.470 e. The number of benzene rings is 1. The van der Waals surface area contributed by atoms with Crippen molar-refractivity contribution in [3.63, 3.8) is 0 Å². The molecule has 2 atom stereocenters. The molecular weight excluding hydrogens is 275 g/mol. The van der Waals surface area contributed by atoms with Gasteiger partial charge in [0, 0.05) is 5.92 Å². The molecule has 0 saturated heterocycles. The summed E-state index contributed by atoms with van der Waals surface area (Å²) in [5.41, 5.74) is 2.19. The SMILES string of the molecule is Cc1ccccc1C1=CC=CC(C)(OP(=O)(O)O)C1C. The summed E-state index contributed by atoms with van der Waals surface area (Å²) >= 11 is 0. The van der Waals surface area contributed by atoms with Crippen LogP contribution in [0.1, 0.15) is 25.0 Å². The van der Waals surface area contributed by atoms with Crippen molar-refractivity contribution in [2.75, 3.05) is 0 Å². The molecule has 0 amide bonds. The molecule has 1 aromatic carbocycles. The van der Waals surface area contributed by atoms with Crippen LogP contribution in [0.15, 0.2) is 42.5 Å². The maximum absolute atomic E-state index is 11.2. The molecule has 2 N–H and O–H groups in total. The Hall–Kier alpha value is -1.19. The summed E-state index contributed by atoms with van der Waals surface area (Å²) in [6.07, 6.45) is 5.45. The van der Waals surface area contributed by atoms with Crippen LogP contribution in [0.25, 0.3) is 5.57 Å². The Morgan fingerprint density at radius 2 is 1.95 bits per heavy atom. The Bertz CT molecular complexity index is 614. The second-order valence-corrected chi connectivity index (χ2v) is 6.45. The number of rotatable bonds is 3. The van der Waals surface area contributed by atoms with E-state index in [1.165, 1.54) is 0 Å². The van der Waals surface area contributed by atoms with Crippen molar-refractivity contribution in [3.05, 3.63) is 53.6 Å². The van der Waals surface area contributed by atoms with Gasteiger partial charge in [-0.15, -0.1) is 0 Å². The third-order valence-corrected chi connectivity index (χ3v) is 4.43. The Kier molecular flexibility index (Phi) is 4.03. The molecule has 108 valence electrons. The Morgan fingerprint density at radius 1 is 1.30 bits per heavy atom. The van der Waals surface area contributed by atoms with Gasteiger partial charge < -0.3 is 9.79 Å². The summed E-state index contributed by atoms with van der Waals surface area (Å²) in [5, 5.41) is 0. The van der Waals surface area contributed by atoms with E-state index in [1.54, 1.807) is 19.1 Å². The first-order chi connectivity index (χ1) is 9.23. The molecule has 1 aliphatic carbocycles. The zero-order valence-corrected chi connectivity index (χ0v) is 12.7. The van der Waals surface area contributed by atoms with Gasteiger partial charge in [-0.1, -0.05) is 49.4 Å². The molecule has 0 aromatic heterocycles. The quantitative estimate of drug-likeness (QED) is 0.838. The van der Waals surface area contributed by atoms with Crippen molar-refractivity contribution in [2.45, 2.75) is 26.4 Å². The van der Waals surface area contributed by atoms with Crippen molar-refractivity contribution in [2.24, 2.45) is 5.92 Å². The second kappa shape index (κ2) is 5.30. The smallest absolute Gasteiger partial charge is 0.303 e. The van der Waals surface area contributed by atoms with Crippen molar-refractivity contribution in [1.29, 1.82) is 0 Å². The van der Waals surface area contributed by atoms with E-state index < -0.39 is 13.4 Å². The normalized spacial score (nSPS) is 26.4. The van der Waals surface area contributed by atoms with E-state index in [0.717, 1.165) is 16.7 Å². The van der Waals surface area contributed by atoms with E-state index in [1.807, 2.05) is 44.2 Å². The third kappa shape index (κ3) is 3.10. The van der Waals surface area contributed by atoms with Crippen LogP contribution in [-0.4, -0.2) is 15.4 Å². The zero-order valence-electron chi connectivity index (χ0n) is 11.8. The van der Waals surface area contributed by atoms with Crippen LogP contribution in [-0.2, 0) is 9.09 Å². The average molecular weight is 294 g/mol. The van der Waals surface area contributed by atoms with Gasteiger partial charge in [0.05, 0.1) is 0 Å². The fourth-order valence-electron chi connectivity index (χ4n) is 2.53. The lowest BCUT2D eigenvalue weighted by atomic mass is 9.77. The van der Waals surface area contributed by atoms with Crippen LogP contribution in [0.5, 0.6) is 0 Å². The van der Waals surface area contributed by atoms with Crippen molar-refractivity contribution >= 4 is 13.4 Å². The van der Waals surface area contributed by atoms with Crippen LogP contribution < -0.4 is 0 Å². The number of hydrogen-bond donors (Lipinski definition) is 2. The molecule has 0 aliphatic heterocycles. The number of aryl methyl sites for hydroxylation is 1. The molecular formula is C15H19O4P. The molecule has 2 rings (SSSR count). The monoisotopic (exact) mass is 294 g/mol. The molecule has 2 unspecified atom stereocenters. The van der Waals surface area contributed by atoms with Crippen LogP contribution >= 0.6 is 7.82 Å². The van der Waals surface area contributed by atoms with E-state index in [2.05, 4.69) is 0 Å². The topological polar surface area (TPSA) is 66.8 Å². The number of phosphoric ester groups is 1. The maximum atomic E-state index is 11.2. The van der Waals surface area contributed by atoms with Gasteiger partial charge >= 0.3 is 7.82 Å². The van der Waals surface area contributed by atoms with Crippen LogP contribution in [0.3, 0.4) is 0 Å². The number of phosphoric acid groups is 1. The lowest BCUT2D eigenvalue weighted by Crippen LogP contribution is -2.35. The predicted octanol–water partition coefficient (Wildman–Crippen LogP) is 3.45. The lowest BCUT2D eigenvalue weighted by molar-refractivity contribution is 0.0628. The van der Waals surface area contributed by atoms with Gasteiger partial charge in [0.25, 0.3) is 0 Å². The molecule has 0 radical (unpaired) electrons. The van der Waals surface area contributed by atoms with Crippen molar-refractivity contribution < 1.29 is 18.9 Å². The minimum absolute atomic E-state index is 0.166. The molecule has 1 aromatic rings. The summed E-state index contributed by atoms with van der Waals surface area (Å²) in [4.78, 5) is 18.2. The van der Waals surface area contributed by atoms with Gasteiger partial charge in [0.2, 0.25) is 0 Å². The fraction of sp³-hybridized carbons (Fsp3) is 0.333. The van der Waals surface area contributed by atoms with Gasteiger partial charge in [-0.3, -0.25) is 4.52 Å². The molecule has 0 bridgehead atoms. The van der Waals surface area contributed by atoms with E-state index in [-0.39, 0.29) is 5.92 Å². The number of allylic oxidation sites excluding steroid dienone is 2. The summed E-state index contributed by atoms with van der Waals surface area (Å²) in [7, 11) is -4.55. The highest BCUT2D eigenvalue weighted by molar-refractivity contribution is 7.46. The summed E-state index contributed by atoms with van der Waals surface area (Å²) in [5.74, 6) is -0.166. The second-order valence-electron chi connectivity index (χ2n) is 5.28. The van der Waals surface area contributed by atoms with Crippen LogP contribution in [0.4, 0.5) is 0 Å². The van der Waals surface area contributed by atoms with E-state index in [9.17, 15) is 4.57 Å². The van der Waals surface area contributed by atoms with Crippen LogP contribution in [0.2, 0.25) is 0 Å². The summed E-state index contributed by atoms with van der Waals surface area (Å²) < 4.78 is 16.2. The Morgan fingerprint density at radius 3 is 2.55 bits per heavy atom. The molecule has 0 spiro atoms. The highest BCUT2D eigenvalue weighted by atomic mass is 31.2. The minimum Gasteiger partial charge on any atom is -0.303 e. The minimum atomic E-state index is -4.55. The van der Waals surface area contributed by atoms with Gasteiger partial charge in [-0.25, -0.2) is 4.57 Å².